The first-order chi connectivity index (χ1) is 7.89. The highest BCUT2D eigenvalue weighted by Gasteiger charge is 2.39. The number of carbonyl (C=O) groups is 2. The molecule has 92 valence electrons. The van der Waals surface area contributed by atoms with Crippen LogP contribution in [0.2, 0.25) is 0 Å². The molecule has 1 fully saturated rings. The molecule has 3 N–H and O–H groups in total. The van der Waals surface area contributed by atoms with Crippen LogP contribution in [-0.2, 0) is 0 Å². The first-order valence-electron chi connectivity index (χ1n) is 4.98. The third kappa shape index (κ3) is 2.40. The van der Waals surface area contributed by atoms with E-state index in [2.05, 4.69) is 5.32 Å². The van der Waals surface area contributed by atoms with Crippen molar-refractivity contribution in [1.29, 1.82) is 0 Å². The van der Waals surface area contributed by atoms with E-state index in [-0.39, 0.29) is 24.7 Å². The summed E-state index contributed by atoms with van der Waals surface area (Å²) in [6.07, 6.45) is 0. The average molecular weight is 256 g/mol. The summed E-state index contributed by atoms with van der Waals surface area (Å²) in [6, 6.07) is 1.05. The second-order valence-corrected chi connectivity index (χ2v) is 5.17. The van der Waals surface area contributed by atoms with Crippen molar-refractivity contribution in [3.05, 3.63) is 17.0 Å². The maximum Gasteiger partial charge on any atom is 0.338 e. The Labute approximate surface area is 101 Å². The number of urea groups is 1. The molecule has 7 heteroatoms. The minimum atomic E-state index is -1.07. The van der Waals surface area contributed by atoms with Gasteiger partial charge < -0.3 is 15.1 Å². The number of nitrogens with one attached hydrogen (secondary N) is 1. The fourth-order valence-corrected chi connectivity index (χ4v) is 2.44. The van der Waals surface area contributed by atoms with E-state index in [1.807, 2.05) is 0 Å². The third-order valence-electron chi connectivity index (χ3n) is 2.47. The van der Waals surface area contributed by atoms with Crippen molar-refractivity contribution in [2.24, 2.45) is 0 Å². The van der Waals surface area contributed by atoms with E-state index in [4.69, 9.17) is 5.11 Å². The zero-order valence-corrected chi connectivity index (χ0v) is 9.95. The van der Waals surface area contributed by atoms with Crippen LogP contribution in [0.25, 0.3) is 0 Å². The number of thiophene rings is 1. The Hall–Kier alpha value is -1.60. The van der Waals surface area contributed by atoms with Crippen molar-refractivity contribution in [3.63, 3.8) is 0 Å². The topological polar surface area (TPSA) is 89.9 Å². The van der Waals surface area contributed by atoms with Gasteiger partial charge in [0.05, 0.1) is 24.3 Å². The van der Waals surface area contributed by atoms with Crippen molar-refractivity contribution in [2.75, 3.05) is 18.4 Å². The second-order valence-electron chi connectivity index (χ2n) is 4.25. The number of aromatic carboxylic acids is 1. The van der Waals surface area contributed by atoms with Gasteiger partial charge in [0.2, 0.25) is 0 Å². The van der Waals surface area contributed by atoms with Crippen LogP contribution >= 0.6 is 11.3 Å². The van der Waals surface area contributed by atoms with Gasteiger partial charge in [0.25, 0.3) is 0 Å². The van der Waals surface area contributed by atoms with Crippen LogP contribution < -0.4 is 5.32 Å². The fraction of sp³-hybridized carbons (Fsp3) is 0.400. The predicted octanol–water partition coefficient (Wildman–Crippen LogP) is 1.04. The van der Waals surface area contributed by atoms with Gasteiger partial charge in [-0.3, -0.25) is 5.32 Å². The predicted molar refractivity (Wildman–Crippen MR) is 62.5 cm³/mol. The van der Waals surface area contributed by atoms with Gasteiger partial charge in [-0.1, -0.05) is 0 Å². The number of aliphatic hydroxyl groups is 1. The molecule has 1 aromatic heterocycles. The molecular formula is C10H12N2O4S. The van der Waals surface area contributed by atoms with Crippen LogP contribution in [0.5, 0.6) is 0 Å². The molecule has 0 unspecified atom stereocenters. The van der Waals surface area contributed by atoms with E-state index in [0.717, 1.165) is 11.3 Å². The highest BCUT2D eigenvalue weighted by atomic mass is 32.1. The maximum absolute atomic E-state index is 11.7. The van der Waals surface area contributed by atoms with Gasteiger partial charge in [-0.25, -0.2) is 9.59 Å². The number of β-amino-alcohol motifs (C(OH)–C–C–N with tert-alkyl or cyclic N) is 1. The number of hydrogen-bond acceptors (Lipinski definition) is 4. The SMILES string of the molecule is CC1(O)CN(C(=O)Nc2sccc2C(=O)O)C1. The number of likely N-dealkylation sites (tertiary alicyclic amines) is 1. The Morgan fingerprint density at radius 3 is 2.71 bits per heavy atom. The zero-order valence-electron chi connectivity index (χ0n) is 9.14. The molecule has 0 aromatic carbocycles. The molecule has 0 spiro atoms. The summed E-state index contributed by atoms with van der Waals surface area (Å²) in [5.41, 5.74) is -0.752. The zero-order chi connectivity index (χ0) is 12.6. The number of nitrogens with zero attached hydrogens (tertiary/aromatic N) is 1. The molecule has 0 aliphatic carbocycles. The number of amides is 2. The van der Waals surface area contributed by atoms with Gasteiger partial charge in [0.1, 0.15) is 5.00 Å². The van der Waals surface area contributed by atoms with Gasteiger partial charge >= 0.3 is 12.0 Å². The number of carbonyl (C=O) groups excluding carboxylic acids is 1. The lowest BCUT2D eigenvalue weighted by atomic mass is 9.98. The minimum Gasteiger partial charge on any atom is -0.478 e. The normalized spacial score (nSPS) is 17.4. The van der Waals surface area contributed by atoms with Crippen LogP contribution in [-0.4, -0.2) is 45.8 Å². The van der Waals surface area contributed by atoms with E-state index in [1.165, 1.54) is 11.0 Å². The second kappa shape index (κ2) is 4.01. The molecule has 6 nitrogen and oxygen atoms in total. The Morgan fingerprint density at radius 2 is 2.18 bits per heavy atom. The summed E-state index contributed by atoms with van der Waals surface area (Å²) >= 11 is 1.16. The first kappa shape index (κ1) is 11.9. The van der Waals surface area contributed by atoms with Crippen molar-refractivity contribution >= 4 is 28.3 Å². The summed E-state index contributed by atoms with van der Waals surface area (Å²) in [7, 11) is 0. The van der Waals surface area contributed by atoms with Crippen molar-refractivity contribution in [1.82, 2.24) is 4.90 Å². The molecule has 1 aliphatic heterocycles. The Bertz CT molecular complexity index is 461. The summed E-state index contributed by atoms with van der Waals surface area (Å²) in [5.74, 6) is -1.07. The molecule has 2 amide bonds. The van der Waals surface area contributed by atoms with Crippen molar-refractivity contribution in [2.45, 2.75) is 12.5 Å². The van der Waals surface area contributed by atoms with Crippen LogP contribution in [0.15, 0.2) is 11.4 Å². The van der Waals surface area contributed by atoms with Crippen molar-refractivity contribution in [3.8, 4) is 0 Å². The van der Waals surface area contributed by atoms with Gasteiger partial charge in [-0.15, -0.1) is 11.3 Å². The van der Waals surface area contributed by atoms with Crippen molar-refractivity contribution < 1.29 is 19.8 Å². The summed E-state index contributed by atoms with van der Waals surface area (Å²) < 4.78 is 0. The Balaban J connectivity index is 2.00. The molecule has 0 atom stereocenters. The molecule has 1 saturated heterocycles. The summed E-state index contributed by atoms with van der Waals surface area (Å²) in [6.45, 7) is 2.16. The highest BCUT2D eigenvalue weighted by Crippen LogP contribution is 2.25. The number of anilines is 1. The van der Waals surface area contributed by atoms with Crippen LogP contribution in [0, 0.1) is 0 Å². The molecule has 2 heterocycles. The average Bonchev–Trinajstić information content (AvgIpc) is 2.61. The lowest BCUT2D eigenvalue weighted by Gasteiger charge is -2.43. The lowest BCUT2D eigenvalue weighted by molar-refractivity contribution is -0.0581. The standard InChI is InChI=1S/C10H12N2O4S/c1-10(16)4-12(5-10)9(15)11-7-6(8(13)14)2-3-17-7/h2-3,16H,4-5H2,1H3,(H,11,15)(H,13,14). The van der Waals surface area contributed by atoms with Crippen LogP contribution in [0.1, 0.15) is 17.3 Å². The van der Waals surface area contributed by atoms with E-state index in [0.29, 0.717) is 5.00 Å². The Kier molecular flexibility index (Phi) is 2.80. The summed E-state index contributed by atoms with van der Waals surface area (Å²) in [5, 5.41) is 22.8. The summed E-state index contributed by atoms with van der Waals surface area (Å²) in [4.78, 5) is 23.9. The van der Waals surface area contributed by atoms with E-state index in [1.54, 1.807) is 12.3 Å². The van der Waals surface area contributed by atoms with Gasteiger partial charge in [0.15, 0.2) is 0 Å². The minimum absolute atomic E-state index is 0.0793. The van der Waals surface area contributed by atoms with E-state index < -0.39 is 11.6 Å². The van der Waals surface area contributed by atoms with E-state index in [9.17, 15) is 14.7 Å². The smallest absolute Gasteiger partial charge is 0.338 e. The molecule has 0 bridgehead atoms. The van der Waals surface area contributed by atoms with Gasteiger partial charge in [-0.05, 0) is 18.4 Å². The molecule has 0 radical (unpaired) electrons. The largest absolute Gasteiger partial charge is 0.478 e. The number of carboxylic acids is 1. The van der Waals surface area contributed by atoms with E-state index >= 15 is 0 Å². The highest BCUT2D eigenvalue weighted by molar-refractivity contribution is 7.14. The fourth-order valence-electron chi connectivity index (χ4n) is 1.67. The molecular weight excluding hydrogens is 244 g/mol. The molecule has 0 saturated carbocycles. The molecule has 17 heavy (non-hydrogen) atoms. The van der Waals surface area contributed by atoms with Gasteiger partial charge in [-0.2, -0.15) is 0 Å². The number of hydrogen-bond donors (Lipinski definition) is 3. The molecule has 1 aromatic rings. The quantitative estimate of drug-likeness (QED) is 0.737. The van der Waals surface area contributed by atoms with Gasteiger partial charge in [0, 0.05) is 0 Å². The van der Waals surface area contributed by atoms with Crippen LogP contribution in [0.3, 0.4) is 0 Å². The van der Waals surface area contributed by atoms with Crippen LogP contribution in [0.4, 0.5) is 9.80 Å². The number of carboxylic acid groups (broad SMARTS) is 1. The maximum atomic E-state index is 11.7. The monoisotopic (exact) mass is 256 g/mol. The third-order valence-corrected chi connectivity index (χ3v) is 3.30. The molecule has 2 rings (SSSR count). The molecule has 1 aliphatic rings. The Morgan fingerprint density at radius 1 is 1.53 bits per heavy atom. The first-order valence-corrected chi connectivity index (χ1v) is 5.86. The lowest BCUT2D eigenvalue weighted by Crippen LogP contribution is -2.62. The number of rotatable bonds is 2.